The molecule has 31 heavy (non-hydrogen) atoms. The van der Waals surface area contributed by atoms with Gasteiger partial charge in [-0.1, -0.05) is 63.9 Å². The number of methoxy groups -OCH3 is 1. The lowest BCUT2D eigenvalue weighted by atomic mass is 10.1. The Morgan fingerprint density at radius 3 is 2.48 bits per heavy atom. The number of rotatable bonds is 8. The van der Waals surface area contributed by atoms with Gasteiger partial charge in [-0.15, -0.1) is 0 Å². The Kier molecular flexibility index (Phi) is 7.72. The van der Waals surface area contributed by atoms with Crippen molar-refractivity contribution in [1.29, 1.82) is 0 Å². The summed E-state index contributed by atoms with van der Waals surface area (Å²) in [6.45, 7) is 0. The zero-order valence-corrected chi connectivity index (χ0v) is 19.7. The number of benzene rings is 3. The number of hydrogen-bond donors (Lipinski definition) is 2. The SMILES string of the molecule is COc1ccc(Cl)cc1S(=O)(=O)N[C@@H](Cc1ccccc1)C(=O)Nc1cccc(Br)c1. The summed E-state index contributed by atoms with van der Waals surface area (Å²) in [4.78, 5) is 12.9. The van der Waals surface area contributed by atoms with Crippen molar-refractivity contribution in [1.82, 2.24) is 4.72 Å². The molecule has 0 saturated heterocycles. The number of halogens is 2. The predicted molar refractivity (Wildman–Crippen MR) is 125 cm³/mol. The third-order valence-electron chi connectivity index (χ3n) is 4.40. The number of ether oxygens (including phenoxy) is 1. The van der Waals surface area contributed by atoms with Gasteiger partial charge >= 0.3 is 0 Å². The van der Waals surface area contributed by atoms with E-state index in [2.05, 4.69) is 26.0 Å². The molecule has 0 aromatic heterocycles. The van der Waals surface area contributed by atoms with Gasteiger partial charge in [0.1, 0.15) is 16.7 Å². The smallest absolute Gasteiger partial charge is 0.245 e. The molecule has 0 saturated carbocycles. The molecule has 3 aromatic carbocycles. The Labute approximate surface area is 194 Å². The van der Waals surface area contributed by atoms with Gasteiger partial charge in [-0.3, -0.25) is 4.79 Å². The number of amides is 1. The molecule has 6 nitrogen and oxygen atoms in total. The zero-order chi connectivity index (χ0) is 22.4. The molecule has 1 atom stereocenters. The second-order valence-corrected chi connectivity index (χ2v) is 9.69. The summed E-state index contributed by atoms with van der Waals surface area (Å²) < 4.78 is 34.7. The van der Waals surface area contributed by atoms with Crippen LogP contribution >= 0.6 is 27.5 Å². The van der Waals surface area contributed by atoms with Gasteiger partial charge in [0.05, 0.1) is 7.11 Å². The van der Waals surface area contributed by atoms with Crippen molar-refractivity contribution >= 4 is 49.1 Å². The van der Waals surface area contributed by atoms with Crippen LogP contribution in [-0.4, -0.2) is 27.5 Å². The lowest BCUT2D eigenvalue weighted by Crippen LogP contribution is -2.45. The topological polar surface area (TPSA) is 84.5 Å². The molecule has 162 valence electrons. The van der Waals surface area contributed by atoms with Crippen molar-refractivity contribution < 1.29 is 17.9 Å². The average Bonchev–Trinajstić information content (AvgIpc) is 2.74. The van der Waals surface area contributed by atoms with E-state index in [4.69, 9.17) is 16.3 Å². The first-order valence-electron chi connectivity index (χ1n) is 9.25. The van der Waals surface area contributed by atoms with Gasteiger partial charge in [0.2, 0.25) is 15.9 Å². The molecular formula is C22H20BrClN2O4S. The van der Waals surface area contributed by atoms with Crippen molar-refractivity contribution in [2.45, 2.75) is 17.4 Å². The fourth-order valence-electron chi connectivity index (χ4n) is 2.94. The summed E-state index contributed by atoms with van der Waals surface area (Å²) in [6.07, 6.45) is 0.156. The van der Waals surface area contributed by atoms with Crippen molar-refractivity contribution in [2.75, 3.05) is 12.4 Å². The molecule has 0 fully saturated rings. The number of anilines is 1. The van der Waals surface area contributed by atoms with Gasteiger partial charge in [-0.2, -0.15) is 4.72 Å². The maximum atomic E-state index is 13.1. The Bertz CT molecular complexity index is 1170. The number of carbonyl (C=O) groups excluding carboxylic acids is 1. The predicted octanol–water partition coefficient (Wildman–Crippen LogP) is 4.64. The van der Waals surface area contributed by atoms with E-state index in [-0.39, 0.29) is 22.1 Å². The van der Waals surface area contributed by atoms with E-state index >= 15 is 0 Å². The highest BCUT2D eigenvalue weighted by Gasteiger charge is 2.28. The molecule has 9 heteroatoms. The molecule has 0 bridgehead atoms. The zero-order valence-electron chi connectivity index (χ0n) is 16.5. The van der Waals surface area contributed by atoms with Gasteiger partial charge < -0.3 is 10.1 Å². The molecule has 0 heterocycles. The summed E-state index contributed by atoms with van der Waals surface area (Å²) in [5, 5.41) is 3.00. The minimum Gasteiger partial charge on any atom is -0.495 e. The van der Waals surface area contributed by atoms with E-state index in [0.29, 0.717) is 5.69 Å². The van der Waals surface area contributed by atoms with Gasteiger partial charge in [0.15, 0.2) is 0 Å². The number of nitrogens with one attached hydrogen (secondary N) is 2. The Hall–Kier alpha value is -2.39. The molecule has 0 unspecified atom stereocenters. The fourth-order valence-corrected chi connectivity index (χ4v) is 4.97. The molecule has 0 aliphatic rings. The quantitative estimate of drug-likeness (QED) is 0.451. The normalized spacial score (nSPS) is 12.2. The molecule has 2 N–H and O–H groups in total. The summed E-state index contributed by atoms with van der Waals surface area (Å²) in [7, 11) is -2.76. The van der Waals surface area contributed by atoms with E-state index < -0.39 is 22.0 Å². The van der Waals surface area contributed by atoms with Crippen LogP contribution in [0.4, 0.5) is 5.69 Å². The monoisotopic (exact) mass is 522 g/mol. The van der Waals surface area contributed by atoms with Crippen molar-refractivity contribution in [3.8, 4) is 5.75 Å². The van der Waals surface area contributed by atoms with Crippen molar-refractivity contribution in [3.63, 3.8) is 0 Å². The van der Waals surface area contributed by atoms with Gasteiger partial charge in [-0.25, -0.2) is 8.42 Å². The largest absolute Gasteiger partial charge is 0.495 e. The maximum Gasteiger partial charge on any atom is 0.245 e. The van der Waals surface area contributed by atoms with E-state index in [1.165, 1.54) is 25.3 Å². The van der Waals surface area contributed by atoms with E-state index in [1.54, 1.807) is 18.2 Å². The molecule has 0 aliphatic heterocycles. The van der Waals surface area contributed by atoms with Crippen molar-refractivity contribution in [3.05, 3.63) is 87.9 Å². The first-order chi connectivity index (χ1) is 14.8. The van der Waals surface area contributed by atoms with E-state index in [0.717, 1.165) is 10.0 Å². The van der Waals surface area contributed by atoms with Crippen LogP contribution in [0.15, 0.2) is 82.2 Å². The molecule has 0 aliphatic carbocycles. The van der Waals surface area contributed by atoms with Crippen LogP contribution in [0.2, 0.25) is 5.02 Å². The van der Waals surface area contributed by atoms with Crippen LogP contribution in [0, 0.1) is 0 Å². The highest BCUT2D eigenvalue weighted by Crippen LogP contribution is 2.27. The number of carbonyl (C=O) groups is 1. The van der Waals surface area contributed by atoms with Gasteiger partial charge in [0.25, 0.3) is 0 Å². The first-order valence-corrected chi connectivity index (χ1v) is 11.9. The van der Waals surface area contributed by atoms with Crippen molar-refractivity contribution in [2.24, 2.45) is 0 Å². The second kappa shape index (κ2) is 10.3. The molecule has 0 spiro atoms. The molecule has 1 amide bonds. The van der Waals surface area contributed by atoms with Crippen LogP contribution < -0.4 is 14.8 Å². The Morgan fingerprint density at radius 2 is 1.81 bits per heavy atom. The third kappa shape index (κ3) is 6.30. The first kappa shape index (κ1) is 23.3. The maximum absolute atomic E-state index is 13.1. The standard InChI is InChI=1S/C22H20BrClN2O4S/c1-30-20-11-10-17(24)14-21(20)31(28,29)26-19(12-15-6-3-2-4-7-15)22(27)25-18-9-5-8-16(23)13-18/h2-11,13-14,19,26H,12H2,1H3,(H,25,27)/t19-/m0/s1. The summed E-state index contributed by atoms with van der Waals surface area (Å²) in [5.74, 6) is -0.366. The van der Waals surface area contributed by atoms with Crippen LogP contribution in [0.3, 0.4) is 0 Å². The molecule has 3 aromatic rings. The average molecular weight is 524 g/mol. The van der Waals surface area contributed by atoms with E-state index in [9.17, 15) is 13.2 Å². The molecular weight excluding hydrogens is 504 g/mol. The number of hydrogen-bond acceptors (Lipinski definition) is 4. The highest BCUT2D eigenvalue weighted by molar-refractivity contribution is 9.10. The fraction of sp³-hybridized carbons (Fsp3) is 0.136. The summed E-state index contributed by atoms with van der Waals surface area (Å²) >= 11 is 9.36. The Balaban J connectivity index is 1.92. The lowest BCUT2D eigenvalue weighted by Gasteiger charge is -2.20. The lowest BCUT2D eigenvalue weighted by molar-refractivity contribution is -0.117. The number of sulfonamides is 1. The van der Waals surface area contributed by atoms with Crippen LogP contribution in [0.5, 0.6) is 5.75 Å². The summed E-state index contributed by atoms with van der Waals surface area (Å²) in [5.41, 5.74) is 1.34. The van der Waals surface area contributed by atoms with E-state index in [1.807, 2.05) is 36.4 Å². The Morgan fingerprint density at radius 1 is 1.06 bits per heavy atom. The van der Waals surface area contributed by atoms with Gasteiger partial charge in [-0.05, 0) is 48.4 Å². The van der Waals surface area contributed by atoms with Gasteiger partial charge in [0, 0.05) is 15.2 Å². The summed E-state index contributed by atoms with van der Waals surface area (Å²) in [6, 6.07) is 19.4. The highest BCUT2D eigenvalue weighted by atomic mass is 79.9. The van der Waals surface area contributed by atoms with Crippen LogP contribution in [0.25, 0.3) is 0 Å². The van der Waals surface area contributed by atoms with Crippen LogP contribution in [0.1, 0.15) is 5.56 Å². The van der Waals surface area contributed by atoms with Crippen LogP contribution in [-0.2, 0) is 21.2 Å². The molecule has 3 rings (SSSR count). The minimum atomic E-state index is -4.12. The minimum absolute atomic E-state index is 0.128. The second-order valence-electron chi connectivity index (χ2n) is 6.66. The third-order valence-corrected chi connectivity index (χ3v) is 6.63. The molecule has 0 radical (unpaired) electrons.